The van der Waals surface area contributed by atoms with Gasteiger partial charge in [-0.25, -0.2) is 0 Å². The first-order valence-electron chi connectivity index (χ1n) is 8.48. The summed E-state index contributed by atoms with van der Waals surface area (Å²) in [6.07, 6.45) is 7.45. The van der Waals surface area contributed by atoms with Gasteiger partial charge in [0.05, 0.1) is 0 Å². The Balaban J connectivity index is 0.00000156. The molecule has 0 nitrogen and oxygen atoms in total. The van der Waals surface area contributed by atoms with Gasteiger partial charge in [-0.3, -0.25) is 0 Å². The van der Waals surface area contributed by atoms with Crippen molar-refractivity contribution in [1.29, 1.82) is 0 Å². The number of benzene rings is 1. The summed E-state index contributed by atoms with van der Waals surface area (Å²) < 4.78 is 5.20. The Hall–Kier alpha value is -0.487. The Bertz CT molecular complexity index is 762. The van der Waals surface area contributed by atoms with Crippen molar-refractivity contribution in [3.05, 3.63) is 76.9 Å². The van der Waals surface area contributed by atoms with E-state index in [1.807, 2.05) is 0 Å². The molecule has 0 fully saturated rings. The van der Waals surface area contributed by atoms with Crippen LogP contribution in [0.25, 0.3) is 0 Å². The third-order valence-corrected chi connectivity index (χ3v) is 12.6. The van der Waals surface area contributed by atoms with Gasteiger partial charge in [0.15, 0.2) is 0 Å². The van der Waals surface area contributed by atoms with Crippen LogP contribution < -0.4 is 0 Å². The minimum absolute atomic E-state index is 0. The van der Waals surface area contributed by atoms with E-state index in [0.29, 0.717) is 0 Å². The maximum Gasteiger partial charge on any atom is -0.147 e. The monoisotopic (exact) mass is 452 g/mol. The Labute approximate surface area is 172 Å². The van der Waals surface area contributed by atoms with E-state index >= 15 is 0 Å². The van der Waals surface area contributed by atoms with Gasteiger partial charge in [0.1, 0.15) is 0 Å². The zero-order chi connectivity index (χ0) is 16.6. The summed E-state index contributed by atoms with van der Waals surface area (Å²) in [6, 6.07) is 11.1. The van der Waals surface area contributed by atoms with Gasteiger partial charge < -0.3 is 0 Å². The number of allylic oxidation sites excluding steroid dienone is 8. The Morgan fingerprint density at radius 2 is 1.20 bits per heavy atom. The molecule has 0 unspecified atom stereocenters. The van der Waals surface area contributed by atoms with Crippen molar-refractivity contribution >= 4 is 28.0 Å². The first-order chi connectivity index (χ1) is 11.0. The van der Waals surface area contributed by atoms with Gasteiger partial charge in [0.25, 0.3) is 0 Å². The van der Waals surface area contributed by atoms with E-state index in [0.717, 1.165) is 0 Å². The molecule has 1 aromatic carbocycles. The molecule has 0 bridgehead atoms. The molecule has 0 heterocycles. The quantitative estimate of drug-likeness (QED) is 0.464. The number of rotatable bonds is 3. The normalized spacial score (nSPS) is 16.2. The summed E-state index contributed by atoms with van der Waals surface area (Å²) in [4.78, 5) is 0. The van der Waals surface area contributed by atoms with Gasteiger partial charge in [-0.15, -0.1) is 24.8 Å². The van der Waals surface area contributed by atoms with Crippen molar-refractivity contribution in [3.63, 3.8) is 0 Å². The zero-order valence-electron chi connectivity index (χ0n) is 15.8. The van der Waals surface area contributed by atoms with Gasteiger partial charge in [-0.05, 0) is 0 Å². The molecule has 3 heteroatoms. The fraction of sp³-hybridized carbons (Fsp3) is 0.318. The standard InChI is InChI=1S/C8H8.2C7H9.2ClH.Zr/c1-2-8-6-4-3-5-7-8;2*1-6-4-3-5-7(6)2;;;/h3-7H,1H3;2*4H,5H2,1-2H3;2*1H;. The molecule has 0 N–H and O–H groups in total. The summed E-state index contributed by atoms with van der Waals surface area (Å²) in [5.41, 5.74) is 7.59. The Morgan fingerprint density at radius 3 is 1.56 bits per heavy atom. The van der Waals surface area contributed by atoms with Crippen LogP contribution in [-0.4, -0.2) is 3.21 Å². The molecule has 2 aliphatic carbocycles. The molecule has 0 saturated carbocycles. The fourth-order valence-corrected chi connectivity index (χ4v) is 12.0. The molecule has 0 aliphatic heterocycles. The third-order valence-electron chi connectivity index (χ3n) is 5.26. The van der Waals surface area contributed by atoms with E-state index in [1.54, 1.807) is 20.9 Å². The number of hydrogen-bond donors (Lipinski definition) is 0. The van der Waals surface area contributed by atoms with Gasteiger partial charge in [-0.2, -0.15) is 0 Å². The molecule has 134 valence electrons. The molecule has 0 atom stereocenters. The summed E-state index contributed by atoms with van der Waals surface area (Å²) in [6.45, 7) is 11.6. The Morgan fingerprint density at radius 1 is 0.760 bits per heavy atom. The topological polar surface area (TPSA) is 0 Å². The van der Waals surface area contributed by atoms with Gasteiger partial charge in [0.2, 0.25) is 0 Å². The van der Waals surface area contributed by atoms with Crippen LogP contribution in [0.3, 0.4) is 0 Å². The summed E-state index contributed by atoms with van der Waals surface area (Å²) in [7, 11) is 0. The predicted octanol–water partition coefficient (Wildman–Crippen LogP) is 6.94. The molecule has 0 radical (unpaired) electrons. The van der Waals surface area contributed by atoms with E-state index < -0.39 is 21.3 Å². The van der Waals surface area contributed by atoms with Crippen LogP contribution in [0.1, 0.15) is 53.0 Å². The molecule has 2 aliphatic rings. The average molecular weight is 455 g/mol. The summed E-state index contributed by atoms with van der Waals surface area (Å²) in [5.74, 6) is 0. The van der Waals surface area contributed by atoms with Crippen molar-refractivity contribution in [3.8, 4) is 0 Å². The van der Waals surface area contributed by atoms with Gasteiger partial charge in [-0.1, -0.05) is 0 Å². The van der Waals surface area contributed by atoms with Gasteiger partial charge >= 0.3 is 149 Å². The van der Waals surface area contributed by atoms with E-state index in [4.69, 9.17) is 0 Å². The second-order valence-corrected chi connectivity index (χ2v) is 13.8. The molecule has 3 rings (SSSR count). The van der Waals surface area contributed by atoms with Crippen LogP contribution in [0.5, 0.6) is 0 Å². The van der Waals surface area contributed by atoms with Crippen molar-refractivity contribution < 1.29 is 21.3 Å². The minimum atomic E-state index is -1.96. The molecule has 0 spiro atoms. The van der Waals surface area contributed by atoms with Crippen LogP contribution in [0.4, 0.5) is 0 Å². The molecule has 1 aromatic rings. The second kappa shape index (κ2) is 9.45. The molecule has 0 saturated heterocycles. The fourth-order valence-electron chi connectivity index (χ4n) is 3.56. The van der Waals surface area contributed by atoms with Crippen LogP contribution in [0.15, 0.2) is 71.3 Å². The first kappa shape index (κ1) is 22.6. The van der Waals surface area contributed by atoms with Crippen LogP contribution >= 0.6 is 24.8 Å². The van der Waals surface area contributed by atoms with E-state index in [-0.39, 0.29) is 24.8 Å². The number of hydrogen-bond acceptors (Lipinski definition) is 0. The maximum atomic E-state index is 2.51. The van der Waals surface area contributed by atoms with Crippen molar-refractivity contribution in [2.24, 2.45) is 0 Å². The van der Waals surface area contributed by atoms with E-state index in [9.17, 15) is 0 Å². The maximum absolute atomic E-state index is 2.51. The predicted molar refractivity (Wildman–Crippen MR) is 113 cm³/mol. The largest absolute Gasteiger partial charge is 0.147 e. The zero-order valence-corrected chi connectivity index (χ0v) is 19.9. The second-order valence-electron chi connectivity index (χ2n) is 6.99. The van der Waals surface area contributed by atoms with E-state index in [2.05, 4.69) is 77.1 Å². The van der Waals surface area contributed by atoms with Crippen molar-refractivity contribution in [1.82, 2.24) is 0 Å². The summed E-state index contributed by atoms with van der Waals surface area (Å²) in [5, 5.41) is 0. The SMILES string of the molecule is CC1=C(C)C[C]([Zr]([C]2=CC(C)=C(C)C2)=[C](C)c2ccccc2)=C1.Cl.Cl. The Kier molecular flexibility index (Phi) is 8.52. The van der Waals surface area contributed by atoms with Crippen LogP contribution in [0.2, 0.25) is 0 Å². The third kappa shape index (κ3) is 4.82. The van der Waals surface area contributed by atoms with Crippen LogP contribution in [0, 0.1) is 0 Å². The van der Waals surface area contributed by atoms with E-state index in [1.165, 1.54) is 29.6 Å². The van der Waals surface area contributed by atoms with Crippen LogP contribution in [-0.2, 0) is 21.3 Å². The molecular formula is C22H28Cl2Zr. The smallest absolute Gasteiger partial charge is 0.147 e. The van der Waals surface area contributed by atoms with Crippen molar-refractivity contribution in [2.45, 2.75) is 47.5 Å². The first-order valence-corrected chi connectivity index (χ1v) is 12.2. The molecule has 25 heavy (non-hydrogen) atoms. The molecular weight excluding hydrogens is 426 g/mol. The molecule has 0 amide bonds. The number of halogens is 2. The summed E-state index contributed by atoms with van der Waals surface area (Å²) >= 11 is -1.96. The molecule has 0 aromatic heterocycles. The minimum Gasteiger partial charge on any atom is -0.147 e. The van der Waals surface area contributed by atoms with Crippen molar-refractivity contribution in [2.75, 3.05) is 0 Å². The van der Waals surface area contributed by atoms with Gasteiger partial charge in [0, 0.05) is 0 Å². The average Bonchev–Trinajstić information content (AvgIpc) is 3.03.